The first-order chi connectivity index (χ1) is 9.56. The van der Waals surface area contributed by atoms with E-state index >= 15 is 0 Å². The molecule has 3 nitrogen and oxygen atoms in total. The number of hydrogen-bond acceptors (Lipinski definition) is 2. The molecule has 0 fully saturated rings. The van der Waals surface area contributed by atoms with Gasteiger partial charge in [0.15, 0.2) is 0 Å². The van der Waals surface area contributed by atoms with Crippen molar-refractivity contribution < 1.29 is 4.79 Å². The van der Waals surface area contributed by atoms with Gasteiger partial charge in [0, 0.05) is 10.6 Å². The minimum atomic E-state index is -0.344. The van der Waals surface area contributed by atoms with Gasteiger partial charge in [-0.05, 0) is 35.9 Å². The molecule has 0 aromatic heterocycles. The monoisotopic (exact) mass is 326 g/mol. The minimum Gasteiger partial charge on any atom is -0.267 e. The largest absolute Gasteiger partial charge is 0.271 e. The smallest absolute Gasteiger partial charge is 0.267 e. The van der Waals surface area contributed by atoms with Crippen molar-refractivity contribution in [2.24, 2.45) is 5.10 Å². The van der Waals surface area contributed by atoms with Crippen molar-refractivity contribution in [3.05, 3.63) is 68.7 Å². The van der Waals surface area contributed by atoms with Gasteiger partial charge in [0.05, 0.1) is 16.3 Å². The number of carbonyl (C=O) groups is 1. The molecule has 0 spiro atoms. The molecule has 0 saturated heterocycles. The van der Waals surface area contributed by atoms with Gasteiger partial charge in [-0.1, -0.05) is 46.9 Å². The van der Waals surface area contributed by atoms with E-state index in [9.17, 15) is 4.79 Å². The average Bonchev–Trinajstić information content (AvgIpc) is 2.42. The van der Waals surface area contributed by atoms with Crippen molar-refractivity contribution in [3.8, 4) is 0 Å². The Morgan fingerprint density at radius 1 is 1.05 bits per heavy atom. The van der Waals surface area contributed by atoms with E-state index in [1.807, 2.05) is 0 Å². The Kier molecular flexibility index (Phi) is 5.01. The van der Waals surface area contributed by atoms with Gasteiger partial charge >= 0.3 is 0 Å². The molecule has 0 aliphatic rings. The lowest BCUT2D eigenvalue weighted by Crippen LogP contribution is -2.17. The van der Waals surface area contributed by atoms with Crippen molar-refractivity contribution in [3.63, 3.8) is 0 Å². The zero-order chi connectivity index (χ0) is 14.5. The number of nitrogens with one attached hydrogen (secondary N) is 1. The van der Waals surface area contributed by atoms with Crippen molar-refractivity contribution >= 4 is 46.9 Å². The Morgan fingerprint density at radius 3 is 2.55 bits per heavy atom. The van der Waals surface area contributed by atoms with Gasteiger partial charge in [0.25, 0.3) is 5.91 Å². The molecule has 0 aliphatic carbocycles. The van der Waals surface area contributed by atoms with Gasteiger partial charge in [0.2, 0.25) is 0 Å². The summed E-state index contributed by atoms with van der Waals surface area (Å²) in [6.07, 6.45) is 1.48. The highest BCUT2D eigenvalue weighted by molar-refractivity contribution is 6.42. The van der Waals surface area contributed by atoms with E-state index in [4.69, 9.17) is 34.8 Å². The molecule has 2 aromatic carbocycles. The molecule has 1 amide bonds. The summed E-state index contributed by atoms with van der Waals surface area (Å²) in [4.78, 5) is 11.8. The summed E-state index contributed by atoms with van der Waals surface area (Å²) in [5.41, 5.74) is 3.57. The number of amides is 1. The predicted octanol–water partition coefficient (Wildman–Crippen LogP) is 4.41. The molecule has 0 unspecified atom stereocenters. The fourth-order valence-electron chi connectivity index (χ4n) is 1.45. The highest BCUT2D eigenvalue weighted by atomic mass is 35.5. The van der Waals surface area contributed by atoms with Crippen LogP contribution in [0.3, 0.4) is 0 Å². The van der Waals surface area contributed by atoms with Crippen LogP contribution in [0, 0.1) is 0 Å². The second-order valence-corrected chi connectivity index (χ2v) is 5.13. The first kappa shape index (κ1) is 14.9. The first-order valence-corrected chi connectivity index (χ1v) is 6.73. The third-order valence-electron chi connectivity index (χ3n) is 2.41. The highest BCUT2D eigenvalue weighted by Gasteiger charge is 2.04. The standard InChI is InChI=1S/C14H9Cl3N2O/c15-11-3-1-2-10(7-11)14(20)19-18-8-9-4-5-12(16)13(17)6-9/h1-8H,(H,19,20)/b18-8-. The predicted molar refractivity (Wildman–Crippen MR) is 83.0 cm³/mol. The summed E-state index contributed by atoms with van der Waals surface area (Å²) in [5.74, 6) is -0.344. The summed E-state index contributed by atoms with van der Waals surface area (Å²) in [5, 5.41) is 5.23. The Morgan fingerprint density at radius 2 is 1.85 bits per heavy atom. The quantitative estimate of drug-likeness (QED) is 0.658. The highest BCUT2D eigenvalue weighted by Crippen LogP contribution is 2.21. The fourth-order valence-corrected chi connectivity index (χ4v) is 1.95. The summed E-state index contributed by atoms with van der Waals surface area (Å²) in [6, 6.07) is 11.6. The maximum Gasteiger partial charge on any atom is 0.271 e. The van der Waals surface area contributed by atoms with Crippen LogP contribution in [0.1, 0.15) is 15.9 Å². The summed E-state index contributed by atoms with van der Waals surface area (Å²) < 4.78 is 0. The molecule has 0 aliphatic heterocycles. The lowest BCUT2D eigenvalue weighted by Gasteiger charge is -2.00. The molecule has 1 N–H and O–H groups in total. The maximum atomic E-state index is 11.8. The Labute approximate surface area is 131 Å². The molecule has 2 aromatic rings. The number of halogens is 3. The van der Waals surface area contributed by atoms with Crippen molar-refractivity contribution in [1.82, 2.24) is 5.43 Å². The van der Waals surface area contributed by atoms with Crippen molar-refractivity contribution in [1.29, 1.82) is 0 Å². The third kappa shape index (κ3) is 3.97. The summed E-state index contributed by atoms with van der Waals surface area (Å²) in [7, 11) is 0. The molecule has 0 heterocycles. The number of hydrogen-bond donors (Lipinski definition) is 1. The zero-order valence-corrected chi connectivity index (χ0v) is 12.4. The Bertz CT molecular complexity index is 671. The van der Waals surface area contributed by atoms with E-state index in [-0.39, 0.29) is 5.91 Å². The van der Waals surface area contributed by atoms with Gasteiger partial charge in [-0.2, -0.15) is 5.10 Å². The van der Waals surface area contributed by atoms with E-state index in [1.165, 1.54) is 6.21 Å². The number of nitrogens with zero attached hydrogens (tertiary/aromatic N) is 1. The molecule has 20 heavy (non-hydrogen) atoms. The van der Waals surface area contributed by atoms with E-state index in [1.54, 1.807) is 42.5 Å². The van der Waals surface area contributed by atoms with Crippen LogP contribution in [0.15, 0.2) is 47.6 Å². The molecule has 0 atom stereocenters. The van der Waals surface area contributed by atoms with E-state index in [0.29, 0.717) is 20.6 Å². The number of benzene rings is 2. The molecule has 0 saturated carbocycles. The van der Waals surface area contributed by atoms with Crippen molar-refractivity contribution in [2.45, 2.75) is 0 Å². The summed E-state index contributed by atoms with van der Waals surface area (Å²) >= 11 is 17.5. The van der Waals surface area contributed by atoms with Gasteiger partial charge in [-0.15, -0.1) is 0 Å². The van der Waals surface area contributed by atoms with Crippen LogP contribution in [-0.4, -0.2) is 12.1 Å². The zero-order valence-electron chi connectivity index (χ0n) is 10.1. The molecule has 2 rings (SSSR count). The van der Waals surface area contributed by atoms with Gasteiger partial charge in [0.1, 0.15) is 0 Å². The molecule has 0 radical (unpaired) electrons. The molecule has 102 valence electrons. The average molecular weight is 328 g/mol. The fraction of sp³-hybridized carbons (Fsp3) is 0. The SMILES string of the molecule is O=C(N/N=C\c1ccc(Cl)c(Cl)c1)c1cccc(Cl)c1. The number of carbonyl (C=O) groups excluding carboxylic acids is 1. The minimum absolute atomic E-state index is 0.344. The van der Waals surface area contributed by atoms with Crippen LogP contribution in [0.4, 0.5) is 0 Å². The van der Waals surface area contributed by atoms with Crippen molar-refractivity contribution in [2.75, 3.05) is 0 Å². The van der Waals surface area contributed by atoms with Crippen LogP contribution < -0.4 is 5.43 Å². The van der Waals surface area contributed by atoms with Crippen LogP contribution >= 0.6 is 34.8 Å². The van der Waals surface area contributed by atoms with Gasteiger partial charge in [-0.25, -0.2) is 5.43 Å². The van der Waals surface area contributed by atoms with E-state index in [0.717, 1.165) is 5.56 Å². The topological polar surface area (TPSA) is 41.5 Å². The number of rotatable bonds is 3. The number of hydrazone groups is 1. The second kappa shape index (κ2) is 6.75. The molecule has 0 bridgehead atoms. The van der Waals surface area contributed by atoms with Crippen LogP contribution in [0.25, 0.3) is 0 Å². The van der Waals surface area contributed by atoms with E-state index in [2.05, 4.69) is 10.5 Å². The third-order valence-corrected chi connectivity index (χ3v) is 3.38. The molecule has 6 heteroatoms. The normalized spacial score (nSPS) is 10.8. The molecular weight excluding hydrogens is 319 g/mol. The van der Waals surface area contributed by atoms with E-state index < -0.39 is 0 Å². The van der Waals surface area contributed by atoms with Crippen LogP contribution in [-0.2, 0) is 0 Å². The van der Waals surface area contributed by atoms with Gasteiger partial charge < -0.3 is 0 Å². The summed E-state index contributed by atoms with van der Waals surface area (Å²) in [6.45, 7) is 0. The van der Waals surface area contributed by atoms with Crippen LogP contribution in [0.2, 0.25) is 15.1 Å². The van der Waals surface area contributed by atoms with Gasteiger partial charge in [-0.3, -0.25) is 4.79 Å². The molecular formula is C14H9Cl3N2O. The second-order valence-electron chi connectivity index (χ2n) is 3.88. The first-order valence-electron chi connectivity index (χ1n) is 5.60. The van der Waals surface area contributed by atoms with Crippen LogP contribution in [0.5, 0.6) is 0 Å². The Hall–Kier alpha value is -1.55. The lowest BCUT2D eigenvalue weighted by molar-refractivity contribution is 0.0955. The lowest BCUT2D eigenvalue weighted by atomic mass is 10.2. The maximum absolute atomic E-state index is 11.8. The Balaban J connectivity index is 2.02.